The van der Waals surface area contributed by atoms with Crippen LogP contribution in [0.2, 0.25) is 0 Å². The molecule has 3 aromatic rings. The van der Waals surface area contributed by atoms with E-state index in [9.17, 15) is 9.59 Å². The van der Waals surface area contributed by atoms with E-state index in [1.54, 1.807) is 49.8 Å². The smallest absolute Gasteiger partial charge is 0.340 e. The number of aromatic nitrogens is 2. The molecule has 39 heavy (non-hydrogen) atoms. The molecule has 0 saturated carbocycles. The van der Waals surface area contributed by atoms with Gasteiger partial charge in [0.2, 0.25) is 5.95 Å². The first-order valence-electron chi connectivity index (χ1n) is 12.4. The molecule has 1 N–H and O–H groups in total. The Morgan fingerprint density at radius 2 is 1.90 bits per heavy atom. The van der Waals surface area contributed by atoms with Crippen LogP contribution in [-0.2, 0) is 14.2 Å². The van der Waals surface area contributed by atoms with Gasteiger partial charge in [0.05, 0.1) is 36.8 Å². The van der Waals surface area contributed by atoms with Gasteiger partial charge in [0.1, 0.15) is 6.61 Å². The largest absolute Gasteiger partial charge is 0.460 e. The minimum Gasteiger partial charge on any atom is -0.460 e. The number of anilines is 3. The lowest BCUT2D eigenvalue weighted by molar-refractivity contribution is 0.0388. The summed E-state index contributed by atoms with van der Waals surface area (Å²) in [7, 11) is 2.97. The molecule has 2 heterocycles. The second kappa shape index (κ2) is 12.8. The van der Waals surface area contributed by atoms with Crippen LogP contribution in [0.3, 0.4) is 0 Å². The average Bonchev–Trinajstić information content (AvgIpc) is 2.98. The second-order valence-electron chi connectivity index (χ2n) is 8.85. The predicted octanol–water partition coefficient (Wildman–Crippen LogP) is 3.39. The highest BCUT2D eigenvalue weighted by Gasteiger charge is 2.21. The number of carbonyl (C=O) groups excluding carboxylic acids is 2. The van der Waals surface area contributed by atoms with Gasteiger partial charge in [-0.1, -0.05) is 12.1 Å². The minimum absolute atomic E-state index is 0.150. The highest BCUT2D eigenvalue weighted by Crippen LogP contribution is 2.28. The molecule has 1 aromatic heterocycles. The first kappa shape index (κ1) is 27.5. The van der Waals surface area contributed by atoms with Crippen LogP contribution < -0.4 is 10.2 Å². The molecule has 2 aromatic carbocycles. The molecule has 1 aliphatic heterocycles. The van der Waals surface area contributed by atoms with E-state index in [1.165, 1.54) is 7.05 Å². The Bertz CT molecular complexity index is 1370. The van der Waals surface area contributed by atoms with Crippen molar-refractivity contribution in [3.63, 3.8) is 0 Å². The number of nitrogens with one attached hydrogen (secondary N) is 1. The van der Waals surface area contributed by atoms with Gasteiger partial charge < -0.3 is 24.4 Å². The van der Waals surface area contributed by atoms with E-state index in [0.29, 0.717) is 61.4 Å². The van der Waals surface area contributed by atoms with Crippen LogP contribution in [-0.4, -0.2) is 80.4 Å². The normalized spacial score (nSPS) is 12.9. The molecule has 0 spiro atoms. The minimum atomic E-state index is -0.445. The topological polar surface area (TPSA) is 130 Å². The fourth-order valence-electron chi connectivity index (χ4n) is 4.09. The van der Waals surface area contributed by atoms with Gasteiger partial charge in [0.15, 0.2) is 6.19 Å². The van der Waals surface area contributed by atoms with Crippen LogP contribution in [0.4, 0.5) is 17.3 Å². The van der Waals surface area contributed by atoms with Gasteiger partial charge in [0.25, 0.3) is 5.91 Å². The van der Waals surface area contributed by atoms with Crippen LogP contribution in [0, 0.1) is 18.4 Å². The highest BCUT2D eigenvalue weighted by atomic mass is 16.6. The third kappa shape index (κ3) is 6.67. The summed E-state index contributed by atoms with van der Waals surface area (Å²) >= 11 is 0. The molecule has 11 heteroatoms. The first-order valence-corrected chi connectivity index (χ1v) is 12.4. The van der Waals surface area contributed by atoms with Crippen molar-refractivity contribution in [2.45, 2.75) is 6.92 Å². The van der Waals surface area contributed by atoms with Gasteiger partial charge in [-0.15, -0.1) is 0 Å². The molecular weight excluding hydrogens is 500 g/mol. The number of aryl methyl sites for hydroxylation is 1. The van der Waals surface area contributed by atoms with Crippen LogP contribution >= 0.6 is 0 Å². The molecule has 4 rings (SSSR count). The Balaban J connectivity index is 1.59. The summed E-state index contributed by atoms with van der Waals surface area (Å²) in [5, 5.41) is 12.1. The maximum atomic E-state index is 13.0. The molecule has 0 unspecified atom stereocenters. The van der Waals surface area contributed by atoms with Crippen molar-refractivity contribution < 1.29 is 23.8 Å². The SMILES string of the molecule is COCCOC(=O)c1cc(Nc2ncc(C)c(-c3ccc(C(=O)N(C)C#N)cc3)n2)ccc1N1CCOCC1. The zero-order chi connectivity index (χ0) is 27.8. The summed E-state index contributed by atoms with van der Waals surface area (Å²) < 4.78 is 15.9. The Morgan fingerprint density at radius 3 is 2.59 bits per heavy atom. The van der Waals surface area contributed by atoms with E-state index >= 15 is 0 Å². The molecule has 1 aliphatic rings. The zero-order valence-corrected chi connectivity index (χ0v) is 22.1. The summed E-state index contributed by atoms with van der Waals surface area (Å²) in [6, 6.07) is 12.4. The molecule has 1 fully saturated rings. The molecule has 0 atom stereocenters. The van der Waals surface area contributed by atoms with E-state index in [1.807, 2.05) is 19.1 Å². The van der Waals surface area contributed by atoms with E-state index in [4.69, 9.17) is 19.5 Å². The number of hydrogen-bond donors (Lipinski definition) is 1. The van der Waals surface area contributed by atoms with Gasteiger partial charge in [0, 0.05) is 50.3 Å². The quantitative estimate of drug-likeness (QED) is 0.190. The number of benzene rings is 2. The second-order valence-corrected chi connectivity index (χ2v) is 8.85. The lowest BCUT2D eigenvalue weighted by Gasteiger charge is -2.30. The number of nitriles is 1. The Labute approximate surface area is 226 Å². The summed E-state index contributed by atoms with van der Waals surface area (Å²) in [5.41, 5.74) is 4.54. The number of ether oxygens (including phenoxy) is 3. The summed E-state index contributed by atoms with van der Waals surface area (Å²) in [4.78, 5) is 37.4. The van der Waals surface area contributed by atoms with Gasteiger partial charge in [-0.2, -0.15) is 5.26 Å². The predicted molar refractivity (Wildman–Crippen MR) is 145 cm³/mol. The molecule has 1 amide bonds. The van der Waals surface area contributed by atoms with Crippen LogP contribution in [0.25, 0.3) is 11.3 Å². The number of esters is 1. The molecule has 0 radical (unpaired) electrons. The maximum Gasteiger partial charge on any atom is 0.340 e. The molecule has 1 saturated heterocycles. The Morgan fingerprint density at radius 1 is 1.15 bits per heavy atom. The Kier molecular flexibility index (Phi) is 9.04. The monoisotopic (exact) mass is 530 g/mol. The Hall–Kier alpha value is -4.53. The van der Waals surface area contributed by atoms with Crippen molar-refractivity contribution in [3.05, 3.63) is 65.4 Å². The molecular formula is C28H30N6O5. The third-order valence-electron chi connectivity index (χ3n) is 6.18. The van der Waals surface area contributed by atoms with Crippen molar-refractivity contribution in [3.8, 4) is 17.5 Å². The summed E-state index contributed by atoms with van der Waals surface area (Å²) in [5.74, 6) is -0.486. The fraction of sp³-hybridized carbons (Fsp3) is 0.321. The number of methoxy groups -OCH3 is 1. The highest BCUT2D eigenvalue weighted by molar-refractivity contribution is 5.97. The van der Waals surface area contributed by atoms with E-state index in [-0.39, 0.29) is 12.5 Å². The van der Waals surface area contributed by atoms with Gasteiger partial charge in [-0.05, 0) is 42.8 Å². The molecule has 0 aliphatic carbocycles. The van der Waals surface area contributed by atoms with Gasteiger partial charge >= 0.3 is 5.97 Å². The maximum absolute atomic E-state index is 13.0. The van der Waals surface area contributed by atoms with Gasteiger partial charge in [-0.25, -0.2) is 19.7 Å². The lowest BCUT2D eigenvalue weighted by atomic mass is 10.1. The average molecular weight is 531 g/mol. The van der Waals surface area contributed by atoms with Crippen molar-refractivity contribution >= 4 is 29.2 Å². The standard InChI is InChI=1S/C28H30N6O5/c1-19-17-30-28(32-25(19)20-4-6-21(7-5-20)26(35)33(2)18-29)31-22-8-9-24(34-10-12-38-13-11-34)23(16-22)27(36)39-15-14-37-3/h4-9,16-17H,10-15H2,1-3H3,(H,30,31,32). The van der Waals surface area contributed by atoms with Crippen molar-refractivity contribution in [1.29, 1.82) is 5.26 Å². The summed E-state index contributed by atoms with van der Waals surface area (Å²) in [6.45, 7) is 4.87. The van der Waals surface area contributed by atoms with Crippen LogP contribution in [0.1, 0.15) is 26.3 Å². The summed E-state index contributed by atoms with van der Waals surface area (Å²) in [6.07, 6.45) is 3.51. The van der Waals surface area contributed by atoms with Crippen molar-refractivity contribution in [2.75, 3.05) is 63.9 Å². The number of rotatable bonds is 9. The van der Waals surface area contributed by atoms with E-state index < -0.39 is 5.97 Å². The number of nitrogens with zero attached hydrogens (tertiary/aromatic N) is 5. The third-order valence-corrected chi connectivity index (χ3v) is 6.18. The lowest BCUT2D eigenvalue weighted by Crippen LogP contribution is -2.37. The van der Waals surface area contributed by atoms with Crippen molar-refractivity contribution in [1.82, 2.24) is 14.9 Å². The van der Waals surface area contributed by atoms with E-state index in [2.05, 4.69) is 20.2 Å². The first-order chi connectivity index (χ1) is 18.9. The van der Waals surface area contributed by atoms with Crippen LogP contribution in [0.5, 0.6) is 0 Å². The molecule has 202 valence electrons. The fourth-order valence-corrected chi connectivity index (χ4v) is 4.09. The zero-order valence-electron chi connectivity index (χ0n) is 22.1. The van der Waals surface area contributed by atoms with E-state index in [0.717, 1.165) is 21.7 Å². The number of carbonyl (C=O) groups is 2. The van der Waals surface area contributed by atoms with Crippen LogP contribution in [0.15, 0.2) is 48.7 Å². The molecule has 0 bridgehead atoms. The number of amides is 1. The molecule has 11 nitrogen and oxygen atoms in total. The number of hydrogen-bond acceptors (Lipinski definition) is 10. The van der Waals surface area contributed by atoms with Gasteiger partial charge in [-0.3, -0.25) is 4.79 Å². The van der Waals surface area contributed by atoms with Crippen molar-refractivity contribution in [2.24, 2.45) is 0 Å². The number of morpholine rings is 1.